The SMILES string of the molecule is CC(NCC1CCC1)C(=O)CC1CCC1. The quantitative estimate of drug-likeness (QED) is 0.728. The second kappa shape index (κ2) is 5.11. The third-order valence-corrected chi connectivity index (χ3v) is 4.14. The van der Waals surface area contributed by atoms with Crippen LogP contribution in [0.1, 0.15) is 51.9 Å². The number of ketones is 1. The normalized spacial score (nSPS) is 24.3. The summed E-state index contributed by atoms with van der Waals surface area (Å²) in [4.78, 5) is 11.8. The summed E-state index contributed by atoms with van der Waals surface area (Å²) in [7, 11) is 0. The molecule has 0 amide bonds. The van der Waals surface area contributed by atoms with Crippen molar-refractivity contribution < 1.29 is 4.79 Å². The van der Waals surface area contributed by atoms with Crippen molar-refractivity contribution in [2.75, 3.05) is 6.54 Å². The van der Waals surface area contributed by atoms with E-state index in [0.29, 0.717) is 11.7 Å². The Morgan fingerprint density at radius 3 is 2.27 bits per heavy atom. The van der Waals surface area contributed by atoms with E-state index in [0.717, 1.165) is 18.9 Å². The molecule has 0 aliphatic heterocycles. The molecule has 2 saturated carbocycles. The maximum absolute atomic E-state index is 11.8. The Hall–Kier alpha value is -0.370. The zero-order valence-electron chi connectivity index (χ0n) is 9.80. The minimum absolute atomic E-state index is 0.0891. The Kier molecular flexibility index (Phi) is 3.79. The van der Waals surface area contributed by atoms with Gasteiger partial charge in [0.1, 0.15) is 5.78 Å². The van der Waals surface area contributed by atoms with Gasteiger partial charge in [-0.25, -0.2) is 0 Å². The van der Waals surface area contributed by atoms with Gasteiger partial charge < -0.3 is 5.32 Å². The predicted octanol–water partition coefficient (Wildman–Crippen LogP) is 2.52. The summed E-state index contributed by atoms with van der Waals surface area (Å²) < 4.78 is 0. The predicted molar refractivity (Wildman–Crippen MR) is 61.8 cm³/mol. The third-order valence-electron chi connectivity index (χ3n) is 4.14. The Labute approximate surface area is 92.8 Å². The molecular weight excluding hydrogens is 186 g/mol. The third kappa shape index (κ3) is 3.04. The molecule has 15 heavy (non-hydrogen) atoms. The molecule has 2 nitrogen and oxygen atoms in total. The molecule has 1 unspecified atom stereocenters. The number of Topliss-reactive ketones (excluding diaryl/α,β-unsaturated/α-hetero) is 1. The summed E-state index contributed by atoms with van der Waals surface area (Å²) in [5, 5.41) is 3.39. The average Bonchev–Trinajstić information content (AvgIpc) is 2.08. The van der Waals surface area contributed by atoms with Crippen molar-refractivity contribution in [2.45, 2.75) is 57.9 Å². The van der Waals surface area contributed by atoms with Crippen molar-refractivity contribution in [1.82, 2.24) is 5.32 Å². The molecule has 2 rings (SSSR count). The molecule has 0 saturated heterocycles. The summed E-state index contributed by atoms with van der Waals surface area (Å²) in [6, 6.07) is 0.0891. The average molecular weight is 209 g/mol. The van der Waals surface area contributed by atoms with Gasteiger partial charge in [-0.1, -0.05) is 25.7 Å². The second-order valence-electron chi connectivity index (χ2n) is 5.39. The highest BCUT2D eigenvalue weighted by atomic mass is 16.1. The van der Waals surface area contributed by atoms with Crippen LogP contribution in [0.15, 0.2) is 0 Å². The van der Waals surface area contributed by atoms with E-state index in [2.05, 4.69) is 5.32 Å². The van der Waals surface area contributed by atoms with Gasteiger partial charge in [0.05, 0.1) is 6.04 Å². The largest absolute Gasteiger partial charge is 0.307 e. The summed E-state index contributed by atoms with van der Waals surface area (Å²) in [5.74, 6) is 1.99. The maximum Gasteiger partial charge on any atom is 0.149 e. The van der Waals surface area contributed by atoms with Crippen molar-refractivity contribution >= 4 is 5.78 Å². The van der Waals surface area contributed by atoms with Crippen LogP contribution in [-0.4, -0.2) is 18.4 Å². The fourth-order valence-corrected chi connectivity index (χ4v) is 2.31. The number of nitrogens with one attached hydrogen (secondary N) is 1. The Bertz CT molecular complexity index is 219. The molecular formula is C13H23NO. The van der Waals surface area contributed by atoms with E-state index in [1.807, 2.05) is 6.92 Å². The van der Waals surface area contributed by atoms with E-state index in [1.54, 1.807) is 0 Å². The fourth-order valence-electron chi connectivity index (χ4n) is 2.31. The van der Waals surface area contributed by atoms with Gasteiger partial charge in [0.15, 0.2) is 0 Å². The molecule has 1 atom stereocenters. The van der Waals surface area contributed by atoms with E-state index in [9.17, 15) is 4.79 Å². The van der Waals surface area contributed by atoms with Crippen molar-refractivity contribution in [3.8, 4) is 0 Å². The van der Waals surface area contributed by atoms with Crippen LogP contribution in [0.3, 0.4) is 0 Å². The van der Waals surface area contributed by atoms with Crippen LogP contribution in [0.2, 0.25) is 0 Å². The first-order valence-corrected chi connectivity index (χ1v) is 6.52. The lowest BCUT2D eigenvalue weighted by Gasteiger charge is -2.28. The number of hydrogen-bond acceptors (Lipinski definition) is 2. The van der Waals surface area contributed by atoms with Crippen LogP contribution in [0.5, 0.6) is 0 Å². The standard InChI is InChI=1S/C13H23NO/c1-10(14-9-12-6-3-7-12)13(15)8-11-4-2-5-11/h10-12,14H,2-9H2,1H3. The van der Waals surface area contributed by atoms with Gasteiger partial charge in [-0.05, 0) is 38.1 Å². The van der Waals surface area contributed by atoms with E-state index < -0.39 is 0 Å². The first-order chi connectivity index (χ1) is 7.25. The molecule has 2 aliphatic carbocycles. The van der Waals surface area contributed by atoms with Gasteiger partial charge in [-0.15, -0.1) is 0 Å². The van der Waals surface area contributed by atoms with E-state index >= 15 is 0 Å². The first kappa shape index (κ1) is 11.1. The van der Waals surface area contributed by atoms with Crippen molar-refractivity contribution in [1.29, 1.82) is 0 Å². The van der Waals surface area contributed by atoms with Gasteiger partial charge in [-0.2, -0.15) is 0 Å². The van der Waals surface area contributed by atoms with Crippen LogP contribution in [0.25, 0.3) is 0 Å². The molecule has 0 aromatic carbocycles. The van der Waals surface area contributed by atoms with Crippen LogP contribution >= 0.6 is 0 Å². The Morgan fingerprint density at radius 1 is 1.20 bits per heavy atom. The Morgan fingerprint density at radius 2 is 1.80 bits per heavy atom. The summed E-state index contributed by atoms with van der Waals surface area (Å²) in [5.41, 5.74) is 0. The topological polar surface area (TPSA) is 29.1 Å². The van der Waals surface area contributed by atoms with Crippen molar-refractivity contribution in [3.63, 3.8) is 0 Å². The van der Waals surface area contributed by atoms with E-state index in [4.69, 9.17) is 0 Å². The van der Waals surface area contributed by atoms with E-state index in [-0.39, 0.29) is 6.04 Å². The van der Waals surface area contributed by atoms with Gasteiger partial charge >= 0.3 is 0 Å². The highest BCUT2D eigenvalue weighted by molar-refractivity contribution is 5.83. The molecule has 0 aromatic rings. The molecule has 86 valence electrons. The molecule has 1 N–H and O–H groups in total. The summed E-state index contributed by atoms with van der Waals surface area (Å²) in [6.07, 6.45) is 8.81. The van der Waals surface area contributed by atoms with Crippen molar-refractivity contribution in [3.05, 3.63) is 0 Å². The van der Waals surface area contributed by atoms with Gasteiger partial charge in [-0.3, -0.25) is 4.79 Å². The van der Waals surface area contributed by atoms with Gasteiger partial charge in [0.2, 0.25) is 0 Å². The molecule has 0 spiro atoms. The van der Waals surface area contributed by atoms with Crippen LogP contribution < -0.4 is 5.32 Å². The van der Waals surface area contributed by atoms with Gasteiger partial charge in [0, 0.05) is 6.42 Å². The van der Waals surface area contributed by atoms with Gasteiger partial charge in [0.25, 0.3) is 0 Å². The van der Waals surface area contributed by atoms with Crippen molar-refractivity contribution in [2.24, 2.45) is 11.8 Å². The monoisotopic (exact) mass is 209 g/mol. The highest BCUT2D eigenvalue weighted by Crippen LogP contribution is 2.30. The molecule has 2 heteroatoms. The zero-order valence-corrected chi connectivity index (χ0v) is 9.80. The smallest absolute Gasteiger partial charge is 0.149 e. The molecule has 0 bridgehead atoms. The van der Waals surface area contributed by atoms with E-state index in [1.165, 1.54) is 38.5 Å². The molecule has 0 aromatic heterocycles. The number of rotatable bonds is 6. The minimum atomic E-state index is 0.0891. The minimum Gasteiger partial charge on any atom is -0.307 e. The van der Waals surface area contributed by atoms with Crippen LogP contribution in [0.4, 0.5) is 0 Å². The van der Waals surface area contributed by atoms with Crippen LogP contribution in [0, 0.1) is 11.8 Å². The van der Waals surface area contributed by atoms with Crippen LogP contribution in [-0.2, 0) is 4.79 Å². The first-order valence-electron chi connectivity index (χ1n) is 6.52. The Balaban J connectivity index is 1.60. The second-order valence-corrected chi connectivity index (χ2v) is 5.39. The molecule has 2 fully saturated rings. The maximum atomic E-state index is 11.8. The molecule has 0 radical (unpaired) electrons. The number of hydrogen-bond donors (Lipinski definition) is 1. The lowest BCUT2D eigenvalue weighted by atomic mass is 9.81. The number of carbonyl (C=O) groups excluding carboxylic acids is 1. The molecule has 0 heterocycles. The summed E-state index contributed by atoms with van der Waals surface area (Å²) >= 11 is 0. The fraction of sp³-hybridized carbons (Fsp3) is 0.923. The lowest BCUT2D eigenvalue weighted by molar-refractivity contribution is -0.122. The molecule has 2 aliphatic rings. The summed E-state index contributed by atoms with van der Waals surface area (Å²) in [6.45, 7) is 3.08. The zero-order chi connectivity index (χ0) is 10.7. The number of carbonyl (C=O) groups is 1. The lowest BCUT2D eigenvalue weighted by Crippen LogP contribution is -2.39. The highest BCUT2D eigenvalue weighted by Gasteiger charge is 2.24.